The summed E-state index contributed by atoms with van der Waals surface area (Å²) in [6.45, 7) is 4.69. The largest absolute Gasteiger partial charge is 0.444 e. The van der Waals surface area contributed by atoms with Crippen molar-refractivity contribution < 1.29 is 13.9 Å². The number of halogens is 1. The fourth-order valence-corrected chi connectivity index (χ4v) is 0.583. The van der Waals surface area contributed by atoms with Crippen LogP contribution in [0.25, 0.3) is 0 Å². The Morgan fingerprint density at radius 2 is 2.15 bits per heavy atom. The zero-order valence-electron chi connectivity index (χ0n) is 8.26. The number of carbonyl (C=O) groups is 1. The van der Waals surface area contributed by atoms with Crippen LogP contribution >= 0.6 is 0 Å². The fourth-order valence-electron chi connectivity index (χ4n) is 0.583. The third-order valence-corrected chi connectivity index (χ3v) is 1.11. The molecule has 0 aromatic rings. The summed E-state index contributed by atoms with van der Waals surface area (Å²) in [4.78, 5) is 11.0. The molecule has 0 aromatic carbocycles. The summed E-state index contributed by atoms with van der Waals surface area (Å²) < 4.78 is 16.8. The Kier molecular flexibility index (Phi) is 4.69. The Hall–Kier alpha value is -0.840. The van der Waals surface area contributed by atoms with Crippen LogP contribution in [0.3, 0.4) is 0 Å². The molecule has 1 amide bonds. The van der Waals surface area contributed by atoms with Crippen molar-refractivity contribution in [3.05, 3.63) is 0 Å². The third kappa shape index (κ3) is 7.52. The van der Waals surface area contributed by atoms with Crippen LogP contribution in [-0.4, -0.2) is 31.0 Å². The number of hydrogen-bond acceptors (Lipinski definition) is 3. The summed E-state index contributed by atoms with van der Waals surface area (Å²) in [6, 6.07) is -0.660. The molecule has 0 heterocycles. The lowest BCUT2D eigenvalue weighted by Crippen LogP contribution is -2.41. The first kappa shape index (κ1) is 12.2. The molecule has 0 bridgehead atoms. The molecule has 1 atom stereocenters. The Morgan fingerprint density at radius 3 is 2.54 bits per heavy atom. The van der Waals surface area contributed by atoms with Crippen LogP contribution in [0, 0.1) is 0 Å². The molecule has 78 valence electrons. The molecular formula is C8H17FN2O2. The van der Waals surface area contributed by atoms with Crippen molar-refractivity contribution in [3.63, 3.8) is 0 Å². The van der Waals surface area contributed by atoms with Crippen LogP contribution in [0.2, 0.25) is 0 Å². The molecule has 0 fully saturated rings. The number of alkyl halides is 1. The van der Waals surface area contributed by atoms with Gasteiger partial charge in [0.25, 0.3) is 0 Å². The molecule has 0 saturated heterocycles. The van der Waals surface area contributed by atoms with Gasteiger partial charge in [-0.05, 0) is 20.8 Å². The molecule has 13 heavy (non-hydrogen) atoms. The Bertz CT molecular complexity index is 168. The molecular weight excluding hydrogens is 175 g/mol. The summed E-state index contributed by atoms with van der Waals surface area (Å²) in [5, 5.41) is 2.36. The molecule has 0 spiro atoms. The standard InChI is InChI=1S/C8H17FN2O2/c1-8(2,3)13-7(12)11-5-6(10)4-9/h6H,4-5,10H2,1-3H3,(H,11,12)/t6-/m0/s1. The Balaban J connectivity index is 3.64. The first-order valence-corrected chi connectivity index (χ1v) is 4.13. The van der Waals surface area contributed by atoms with E-state index in [2.05, 4.69) is 5.32 Å². The second kappa shape index (κ2) is 5.01. The minimum absolute atomic E-state index is 0.0887. The predicted molar refractivity (Wildman–Crippen MR) is 48.2 cm³/mol. The summed E-state index contributed by atoms with van der Waals surface area (Å²) in [5.74, 6) is 0. The van der Waals surface area contributed by atoms with E-state index in [1.54, 1.807) is 20.8 Å². The molecule has 3 N–H and O–H groups in total. The van der Waals surface area contributed by atoms with Crippen molar-refractivity contribution in [2.75, 3.05) is 13.2 Å². The van der Waals surface area contributed by atoms with Gasteiger partial charge in [0.1, 0.15) is 12.3 Å². The quantitative estimate of drug-likeness (QED) is 0.695. The molecule has 0 aliphatic heterocycles. The van der Waals surface area contributed by atoms with Crippen molar-refractivity contribution in [3.8, 4) is 0 Å². The van der Waals surface area contributed by atoms with E-state index in [1.165, 1.54) is 0 Å². The van der Waals surface area contributed by atoms with Crippen LogP contribution in [0.15, 0.2) is 0 Å². The normalized spacial score (nSPS) is 13.6. The number of hydrogen-bond donors (Lipinski definition) is 2. The van der Waals surface area contributed by atoms with Gasteiger partial charge < -0.3 is 15.8 Å². The summed E-state index contributed by atoms with van der Waals surface area (Å²) >= 11 is 0. The van der Waals surface area contributed by atoms with E-state index < -0.39 is 24.4 Å². The van der Waals surface area contributed by atoms with Gasteiger partial charge in [-0.25, -0.2) is 9.18 Å². The van der Waals surface area contributed by atoms with Crippen LogP contribution in [0.5, 0.6) is 0 Å². The molecule has 0 aromatic heterocycles. The van der Waals surface area contributed by atoms with E-state index in [9.17, 15) is 9.18 Å². The molecule has 0 aliphatic rings. The number of amides is 1. The van der Waals surface area contributed by atoms with Gasteiger partial charge in [-0.2, -0.15) is 0 Å². The smallest absolute Gasteiger partial charge is 0.407 e. The number of nitrogens with two attached hydrogens (primary N) is 1. The van der Waals surface area contributed by atoms with Crippen LogP contribution in [0.4, 0.5) is 9.18 Å². The lowest BCUT2D eigenvalue weighted by molar-refractivity contribution is 0.0523. The number of rotatable bonds is 3. The van der Waals surface area contributed by atoms with Crippen molar-refractivity contribution in [2.24, 2.45) is 5.73 Å². The van der Waals surface area contributed by atoms with Crippen molar-refractivity contribution >= 4 is 6.09 Å². The van der Waals surface area contributed by atoms with Gasteiger partial charge in [-0.3, -0.25) is 0 Å². The minimum atomic E-state index is -0.660. The summed E-state index contributed by atoms with van der Waals surface area (Å²) in [7, 11) is 0. The van der Waals surface area contributed by atoms with Gasteiger partial charge in [0.05, 0.1) is 6.04 Å². The van der Waals surface area contributed by atoms with E-state index in [0.29, 0.717) is 0 Å². The molecule has 5 heteroatoms. The second-order valence-corrected chi connectivity index (χ2v) is 3.80. The Morgan fingerprint density at radius 1 is 1.62 bits per heavy atom. The van der Waals surface area contributed by atoms with E-state index in [1.807, 2.05) is 0 Å². The van der Waals surface area contributed by atoms with E-state index >= 15 is 0 Å². The number of alkyl carbamates (subject to hydrolysis) is 1. The van der Waals surface area contributed by atoms with Gasteiger partial charge in [0.2, 0.25) is 0 Å². The minimum Gasteiger partial charge on any atom is -0.444 e. The summed E-state index contributed by atoms with van der Waals surface area (Å²) in [6.07, 6.45) is -0.573. The average Bonchev–Trinajstić information content (AvgIpc) is 1.97. The lowest BCUT2D eigenvalue weighted by atomic mass is 10.2. The number of ether oxygens (including phenoxy) is 1. The topological polar surface area (TPSA) is 64.3 Å². The fraction of sp³-hybridized carbons (Fsp3) is 0.875. The van der Waals surface area contributed by atoms with E-state index in [-0.39, 0.29) is 6.54 Å². The zero-order chi connectivity index (χ0) is 10.5. The highest BCUT2D eigenvalue weighted by atomic mass is 19.1. The maximum absolute atomic E-state index is 11.9. The Labute approximate surface area is 77.6 Å². The number of nitrogens with one attached hydrogen (secondary N) is 1. The first-order valence-electron chi connectivity index (χ1n) is 4.13. The van der Waals surface area contributed by atoms with Crippen LogP contribution in [-0.2, 0) is 4.74 Å². The predicted octanol–water partition coefficient (Wildman–Crippen LogP) is 0.808. The molecule has 0 radical (unpaired) electrons. The molecule has 0 saturated carbocycles. The van der Waals surface area contributed by atoms with Gasteiger partial charge in [-0.15, -0.1) is 0 Å². The van der Waals surface area contributed by atoms with Gasteiger partial charge in [-0.1, -0.05) is 0 Å². The molecule has 4 nitrogen and oxygen atoms in total. The van der Waals surface area contributed by atoms with E-state index in [0.717, 1.165) is 0 Å². The number of carbonyl (C=O) groups excluding carboxylic acids is 1. The van der Waals surface area contributed by atoms with Crippen LogP contribution in [0.1, 0.15) is 20.8 Å². The highest BCUT2D eigenvalue weighted by molar-refractivity contribution is 5.67. The van der Waals surface area contributed by atoms with Crippen molar-refractivity contribution in [1.29, 1.82) is 0 Å². The molecule has 0 aliphatic carbocycles. The SMILES string of the molecule is CC(C)(C)OC(=O)NC[C@@H](N)CF. The highest BCUT2D eigenvalue weighted by Crippen LogP contribution is 2.06. The molecule has 0 unspecified atom stereocenters. The zero-order valence-corrected chi connectivity index (χ0v) is 8.26. The lowest BCUT2D eigenvalue weighted by Gasteiger charge is -2.20. The van der Waals surface area contributed by atoms with E-state index in [4.69, 9.17) is 10.5 Å². The highest BCUT2D eigenvalue weighted by Gasteiger charge is 2.16. The maximum atomic E-state index is 11.9. The monoisotopic (exact) mass is 192 g/mol. The molecule has 0 rings (SSSR count). The van der Waals surface area contributed by atoms with Gasteiger partial charge in [0.15, 0.2) is 0 Å². The van der Waals surface area contributed by atoms with Crippen molar-refractivity contribution in [1.82, 2.24) is 5.32 Å². The second-order valence-electron chi connectivity index (χ2n) is 3.80. The summed E-state index contributed by atoms with van der Waals surface area (Å²) in [5.41, 5.74) is 4.70. The third-order valence-electron chi connectivity index (χ3n) is 1.11. The first-order chi connectivity index (χ1) is 5.85. The maximum Gasteiger partial charge on any atom is 0.407 e. The average molecular weight is 192 g/mol. The van der Waals surface area contributed by atoms with Gasteiger partial charge in [0, 0.05) is 6.54 Å². The van der Waals surface area contributed by atoms with Crippen LogP contribution < -0.4 is 11.1 Å². The van der Waals surface area contributed by atoms with Crippen molar-refractivity contribution in [2.45, 2.75) is 32.4 Å². The van der Waals surface area contributed by atoms with Gasteiger partial charge >= 0.3 is 6.09 Å².